The molecule has 0 radical (unpaired) electrons. The van der Waals surface area contributed by atoms with Gasteiger partial charge < -0.3 is 4.90 Å². The molecule has 21 heavy (non-hydrogen) atoms. The van der Waals surface area contributed by atoms with Crippen LogP contribution in [-0.2, 0) is 14.6 Å². The van der Waals surface area contributed by atoms with E-state index in [1.165, 1.54) is 6.07 Å². The Morgan fingerprint density at radius 3 is 2.71 bits per heavy atom. The van der Waals surface area contributed by atoms with Crippen molar-refractivity contribution in [1.82, 2.24) is 4.90 Å². The molecule has 0 aromatic heterocycles. The van der Waals surface area contributed by atoms with Crippen LogP contribution in [0, 0.1) is 5.82 Å². The minimum Gasteiger partial charge on any atom is -0.338 e. The monoisotopic (exact) mass is 331 g/mol. The first-order valence-electron chi connectivity index (χ1n) is 6.80. The van der Waals surface area contributed by atoms with E-state index >= 15 is 0 Å². The predicted molar refractivity (Wildman–Crippen MR) is 81.6 cm³/mol. The van der Waals surface area contributed by atoms with Gasteiger partial charge in [-0.2, -0.15) is 0 Å². The maximum Gasteiger partial charge on any atom is 0.233 e. The number of carbonyl (C=O) groups is 1. The topological polar surface area (TPSA) is 54.5 Å². The van der Waals surface area contributed by atoms with Gasteiger partial charge in [0.05, 0.1) is 17.3 Å². The summed E-state index contributed by atoms with van der Waals surface area (Å²) >= 11 is 1.14. The molecule has 2 rings (SSSR count). The van der Waals surface area contributed by atoms with Crippen LogP contribution in [-0.4, -0.2) is 49.1 Å². The molecule has 0 bridgehead atoms. The van der Waals surface area contributed by atoms with Crippen molar-refractivity contribution in [3.8, 4) is 0 Å². The van der Waals surface area contributed by atoms with Crippen LogP contribution >= 0.6 is 11.8 Å². The summed E-state index contributed by atoms with van der Waals surface area (Å²) in [4.78, 5) is 14.3. The van der Waals surface area contributed by atoms with Crippen molar-refractivity contribution < 1.29 is 17.6 Å². The second-order valence-corrected chi connectivity index (χ2v) is 8.20. The number of nitrogens with zero attached hydrogens (tertiary/aromatic N) is 1. The normalized spacial score (nSPS) is 20.4. The zero-order chi connectivity index (χ0) is 15.5. The average Bonchev–Trinajstić information content (AvgIpc) is 2.79. The fourth-order valence-corrected chi connectivity index (χ4v) is 5.00. The van der Waals surface area contributed by atoms with Gasteiger partial charge in [-0.3, -0.25) is 4.79 Å². The summed E-state index contributed by atoms with van der Waals surface area (Å²) in [5, 5.41) is 0. The second-order valence-electron chi connectivity index (χ2n) is 4.96. The number of benzene rings is 1. The van der Waals surface area contributed by atoms with E-state index in [0.717, 1.165) is 11.8 Å². The summed E-state index contributed by atoms with van der Waals surface area (Å²) < 4.78 is 36.5. The van der Waals surface area contributed by atoms with Gasteiger partial charge in [0.1, 0.15) is 5.82 Å². The number of rotatable bonds is 5. The van der Waals surface area contributed by atoms with Crippen LogP contribution in [0.15, 0.2) is 29.2 Å². The molecule has 116 valence electrons. The Bertz CT molecular complexity index is 618. The molecule has 1 fully saturated rings. The van der Waals surface area contributed by atoms with E-state index in [2.05, 4.69) is 0 Å². The molecule has 1 heterocycles. The van der Waals surface area contributed by atoms with Gasteiger partial charge in [-0.25, -0.2) is 12.8 Å². The van der Waals surface area contributed by atoms with E-state index in [1.807, 2.05) is 6.92 Å². The Balaban J connectivity index is 1.97. The van der Waals surface area contributed by atoms with Crippen molar-refractivity contribution in [1.29, 1.82) is 0 Å². The fraction of sp³-hybridized carbons (Fsp3) is 0.500. The summed E-state index contributed by atoms with van der Waals surface area (Å²) in [6, 6.07) is 6.06. The molecule has 1 aromatic rings. The van der Waals surface area contributed by atoms with Crippen molar-refractivity contribution in [3.63, 3.8) is 0 Å². The van der Waals surface area contributed by atoms with E-state index < -0.39 is 9.84 Å². The lowest BCUT2D eigenvalue weighted by atomic mass is 10.2. The van der Waals surface area contributed by atoms with Gasteiger partial charge in [0.2, 0.25) is 5.91 Å². The molecule has 1 unspecified atom stereocenters. The number of sulfone groups is 1. The third kappa shape index (κ3) is 4.20. The number of hydrogen-bond acceptors (Lipinski definition) is 4. The Labute approximate surface area is 128 Å². The van der Waals surface area contributed by atoms with Gasteiger partial charge in [-0.1, -0.05) is 12.1 Å². The van der Waals surface area contributed by atoms with Crippen molar-refractivity contribution in [3.05, 3.63) is 30.1 Å². The van der Waals surface area contributed by atoms with Crippen LogP contribution in [0.1, 0.15) is 13.3 Å². The van der Waals surface area contributed by atoms with Gasteiger partial charge in [0, 0.05) is 17.5 Å². The Morgan fingerprint density at radius 1 is 1.43 bits per heavy atom. The van der Waals surface area contributed by atoms with E-state index in [-0.39, 0.29) is 35.0 Å². The molecule has 0 N–H and O–H groups in total. The number of thioether (sulfide) groups is 1. The van der Waals surface area contributed by atoms with Gasteiger partial charge in [-0.05, 0) is 25.5 Å². The number of halogens is 1. The molecule has 1 saturated heterocycles. The van der Waals surface area contributed by atoms with Crippen molar-refractivity contribution in [2.45, 2.75) is 24.3 Å². The molecule has 0 aliphatic carbocycles. The smallest absolute Gasteiger partial charge is 0.233 e. The highest BCUT2D eigenvalue weighted by Crippen LogP contribution is 2.23. The van der Waals surface area contributed by atoms with Crippen LogP contribution in [0.3, 0.4) is 0 Å². The maximum atomic E-state index is 13.5. The molecular formula is C14H18FNO3S2. The number of hydrogen-bond donors (Lipinski definition) is 0. The first-order chi connectivity index (χ1) is 9.93. The largest absolute Gasteiger partial charge is 0.338 e. The number of carbonyl (C=O) groups excluding carboxylic acids is 1. The van der Waals surface area contributed by atoms with Gasteiger partial charge >= 0.3 is 0 Å². The highest BCUT2D eigenvalue weighted by atomic mass is 32.2. The van der Waals surface area contributed by atoms with E-state index in [1.54, 1.807) is 23.1 Å². The Hall–Kier alpha value is -1.08. The quantitative estimate of drug-likeness (QED) is 0.774. The minimum atomic E-state index is -3.02. The molecule has 1 aliphatic rings. The molecule has 0 saturated carbocycles. The lowest BCUT2D eigenvalue weighted by Crippen LogP contribution is -2.41. The summed E-state index contributed by atoms with van der Waals surface area (Å²) in [5.74, 6) is -0.195. The van der Waals surface area contributed by atoms with E-state index in [4.69, 9.17) is 0 Å². The second kappa shape index (κ2) is 6.79. The molecular weight excluding hydrogens is 313 g/mol. The average molecular weight is 331 g/mol. The highest BCUT2D eigenvalue weighted by molar-refractivity contribution is 8.00. The molecule has 1 amide bonds. The Morgan fingerprint density at radius 2 is 2.14 bits per heavy atom. The zero-order valence-corrected chi connectivity index (χ0v) is 13.4. The Kier molecular flexibility index (Phi) is 5.27. The standard InChI is InChI=1S/C14H18FNO3S2/c1-2-16(11-7-8-21(18,19)10-11)14(17)9-20-13-6-4-3-5-12(13)15/h3-6,11H,2,7-10H2,1H3. The lowest BCUT2D eigenvalue weighted by Gasteiger charge is -2.26. The summed E-state index contributed by atoms with van der Waals surface area (Å²) in [7, 11) is -3.02. The minimum absolute atomic E-state index is 0.0386. The third-order valence-corrected chi connectivity index (χ3v) is 6.28. The first kappa shape index (κ1) is 16.3. The summed E-state index contributed by atoms with van der Waals surface area (Å²) in [6.45, 7) is 2.30. The highest BCUT2D eigenvalue weighted by Gasteiger charge is 2.33. The lowest BCUT2D eigenvalue weighted by molar-refractivity contribution is -0.129. The first-order valence-corrected chi connectivity index (χ1v) is 9.61. The van der Waals surface area contributed by atoms with E-state index in [9.17, 15) is 17.6 Å². The van der Waals surface area contributed by atoms with Crippen LogP contribution in [0.2, 0.25) is 0 Å². The zero-order valence-electron chi connectivity index (χ0n) is 11.8. The summed E-state index contributed by atoms with van der Waals surface area (Å²) in [5.41, 5.74) is 0. The molecule has 4 nitrogen and oxygen atoms in total. The number of amides is 1. The van der Waals surface area contributed by atoms with E-state index in [0.29, 0.717) is 17.9 Å². The van der Waals surface area contributed by atoms with Crippen molar-refractivity contribution in [2.24, 2.45) is 0 Å². The predicted octanol–water partition coefficient (Wildman–Crippen LogP) is 1.95. The van der Waals surface area contributed by atoms with Crippen LogP contribution in [0.25, 0.3) is 0 Å². The van der Waals surface area contributed by atoms with Crippen molar-refractivity contribution in [2.75, 3.05) is 23.8 Å². The van der Waals surface area contributed by atoms with Gasteiger partial charge in [-0.15, -0.1) is 11.8 Å². The van der Waals surface area contributed by atoms with Gasteiger partial charge in [0.15, 0.2) is 9.84 Å². The van der Waals surface area contributed by atoms with Crippen molar-refractivity contribution >= 4 is 27.5 Å². The van der Waals surface area contributed by atoms with Crippen LogP contribution in [0.4, 0.5) is 4.39 Å². The molecule has 1 atom stereocenters. The molecule has 1 aromatic carbocycles. The van der Waals surface area contributed by atoms with Crippen LogP contribution < -0.4 is 0 Å². The maximum absolute atomic E-state index is 13.5. The molecule has 1 aliphatic heterocycles. The molecule has 7 heteroatoms. The fourth-order valence-electron chi connectivity index (χ4n) is 2.44. The van der Waals surface area contributed by atoms with Crippen LogP contribution in [0.5, 0.6) is 0 Å². The SMILES string of the molecule is CCN(C(=O)CSc1ccccc1F)C1CCS(=O)(=O)C1. The van der Waals surface area contributed by atoms with Gasteiger partial charge in [0.25, 0.3) is 0 Å². The third-order valence-electron chi connectivity index (χ3n) is 3.50. The molecule has 0 spiro atoms. The summed E-state index contributed by atoms with van der Waals surface area (Å²) in [6.07, 6.45) is 0.492.